The zero-order valence-corrected chi connectivity index (χ0v) is 9.50. The molecule has 2 rings (SSSR count). The predicted molar refractivity (Wildman–Crippen MR) is 59.9 cm³/mol. The van der Waals surface area contributed by atoms with Crippen molar-refractivity contribution in [2.45, 2.75) is 30.9 Å². The van der Waals surface area contributed by atoms with Crippen LogP contribution in [0.5, 0.6) is 0 Å². The number of nitrogens with two attached hydrogens (primary N) is 1. The van der Waals surface area contributed by atoms with Gasteiger partial charge in [-0.1, -0.05) is 28.1 Å². The van der Waals surface area contributed by atoms with Crippen LogP contribution in [0, 0.1) is 0 Å². The highest BCUT2D eigenvalue weighted by Crippen LogP contribution is 2.40. The Bertz CT molecular complexity index is 319. The first-order valence-corrected chi connectivity index (χ1v) is 5.61. The maximum Gasteiger partial charge on any atom is 0.0807 e. The van der Waals surface area contributed by atoms with Gasteiger partial charge in [-0.2, -0.15) is 0 Å². The third kappa shape index (κ3) is 2.35. The molecule has 14 heavy (non-hydrogen) atoms. The Morgan fingerprint density at radius 1 is 1.36 bits per heavy atom. The van der Waals surface area contributed by atoms with Gasteiger partial charge < -0.3 is 10.8 Å². The second-order valence-corrected chi connectivity index (χ2v) is 5.05. The fraction of sp³-hybridized carbons (Fsp3) is 0.455. The normalized spacial score (nSPS) is 20.5. The van der Waals surface area contributed by atoms with E-state index in [0.717, 1.165) is 22.9 Å². The smallest absolute Gasteiger partial charge is 0.0807 e. The third-order valence-corrected chi connectivity index (χ3v) is 3.28. The summed E-state index contributed by atoms with van der Waals surface area (Å²) in [6.45, 7) is 0. The van der Waals surface area contributed by atoms with Crippen molar-refractivity contribution in [1.29, 1.82) is 0 Å². The lowest BCUT2D eigenvalue weighted by atomic mass is 10.0. The van der Waals surface area contributed by atoms with E-state index >= 15 is 0 Å². The molecule has 0 aromatic heterocycles. The lowest BCUT2D eigenvalue weighted by Crippen LogP contribution is -2.24. The fourth-order valence-corrected chi connectivity index (χ4v) is 1.82. The fourth-order valence-electron chi connectivity index (χ4n) is 1.55. The van der Waals surface area contributed by atoms with E-state index in [0.29, 0.717) is 6.42 Å². The zero-order chi connectivity index (χ0) is 10.2. The number of benzene rings is 1. The van der Waals surface area contributed by atoms with Crippen molar-refractivity contribution in [3.8, 4) is 0 Å². The lowest BCUT2D eigenvalue weighted by Gasteiger charge is -2.15. The molecule has 3 heteroatoms. The molecule has 1 saturated carbocycles. The largest absolute Gasteiger partial charge is 0.388 e. The average Bonchev–Trinajstić information content (AvgIpc) is 2.84. The number of aliphatic hydroxyl groups is 1. The second-order valence-electron chi connectivity index (χ2n) is 4.13. The summed E-state index contributed by atoms with van der Waals surface area (Å²) < 4.78 is 1.03. The molecule has 0 radical (unpaired) electrons. The predicted octanol–water partition coefficient (Wildman–Crippen LogP) is 2.36. The molecular formula is C11H14BrNO. The molecule has 1 aliphatic carbocycles. The van der Waals surface area contributed by atoms with Crippen molar-refractivity contribution in [1.82, 2.24) is 0 Å². The molecule has 1 aliphatic rings. The minimum absolute atomic E-state index is 0.0908. The Balaban J connectivity index is 2.03. The third-order valence-electron chi connectivity index (χ3n) is 2.75. The van der Waals surface area contributed by atoms with Gasteiger partial charge >= 0.3 is 0 Å². The van der Waals surface area contributed by atoms with Crippen LogP contribution in [0.3, 0.4) is 0 Å². The second kappa shape index (κ2) is 3.65. The summed E-state index contributed by atoms with van der Waals surface area (Å²) in [5.74, 6) is 0. The van der Waals surface area contributed by atoms with Gasteiger partial charge in [0.15, 0.2) is 0 Å². The molecular weight excluding hydrogens is 242 g/mol. The summed E-state index contributed by atoms with van der Waals surface area (Å²) in [6.07, 6.45) is 2.34. The Labute approximate surface area is 92.3 Å². The van der Waals surface area contributed by atoms with Crippen LogP contribution >= 0.6 is 15.9 Å². The van der Waals surface area contributed by atoms with E-state index in [9.17, 15) is 5.11 Å². The van der Waals surface area contributed by atoms with Crippen LogP contribution in [0.25, 0.3) is 0 Å². The molecule has 1 atom stereocenters. The molecule has 1 aromatic rings. The van der Waals surface area contributed by atoms with E-state index in [2.05, 4.69) is 15.9 Å². The van der Waals surface area contributed by atoms with Crippen molar-refractivity contribution < 1.29 is 5.11 Å². The Hall–Kier alpha value is -0.380. The van der Waals surface area contributed by atoms with Gasteiger partial charge in [-0.25, -0.2) is 0 Å². The minimum Gasteiger partial charge on any atom is -0.388 e. The molecule has 2 nitrogen and oxygen atoms in total. The summed E-state index contributed by atoms with van der Waals surface area (Å²) >= 11 is 3.36. The van der Waals surface area contributed by atoms with Crippen LogP contribution in [0.4, 0.5) is 0 Å². The number of hydrogen-bond acceptors (Lipinski definition) is 2. The highest BCUT2D eigenvalue weighted by atomic mass is 79.9. The number of aliphatic hydroxyl groups excluding tert-OH is 1. The van der Waals surface area contributed by atoms with Gasteiger partial charge in [0.2, 0.25) is 0 Å². The van der Waals surface area contributed by atoms with Gasteiger partial charge in [0.1, 0.15) is 0 Å². The Morgan fingerprint density at radius 3 is 2.43 bits per heavy atom. The van der Waals surface area contributed by atoms with Crippen LogP contribution in [0.2, 0.25) is 0 Å². The Kier molecular flexibility index (Phi) is 2.64. The quantitative estimate of drug-likeness (QED) is 0.872. The first kappa shape index (κ1) is 10.1. The van der Waals surface area contributed by atoms with Gasteiger partial charge in [0.25, 0.3) is 0 Å². The molecule has 0 bridgehead atoms. The molecule has 1 aromatic carbocycles. The minimum atomic E-state index is -0.421. The molecule has 1 unspecified atom stereocenters. The lowest BCUT2D eigenvalue weighted by molar-refractivity contribution is 0.154. The van der Waals surface area contributed by atoms with E-state index in [1.54, 1.807) is 0 Å². The van der Waals surface area contributed by atoms with Gasteiger partial charge in [-0.3, -0.25) is 0 Å². The topological polar surface area (TPSA) is 46.2 Å². The first-order valence-electron chi connectivity index (χ1n) is 4.81. The zero-order valence-electron chi connectivity index (χ0n) is 7.91. The summed E-state index contributed by atoms with van der Waals surface area (Å²) in [5, 5.41) is 9.89. The highest BCUT2D eigenvalue weighted by molar-refractivity contribution is 9.10. The van der Waals surface area contributed by atoms with Crippen LogP contribution in [0.15, 0.2) is 28.7 Å². The van der Waals surface area contributed by atoms with Gasteiger partial charge in [-0.15, -0.1) is 0 Å². The van der Waals surface area contributed by atoms with E-state index in [4.69, 9.17) is 5.73 Å². The van der Waals surface area contributed by atoms with Crippen LogP contribution in [0.1, 0.15) is 30.9 Å². The van der Waals surface area contributed by atoms with Gasteiger partial charge in [0.05, 0.1) is 6.10 Å². The summed E-state index contributed by atoms with van der Waals surface area (Å²) in [5.41, 5.74) is 6.80. The van der Waals surface area contributed by atoms with Crippen molar-refractivity contribution in [2.75, 3.05) is 0 Å². The van der Waals surface area contributed by atoms with E-state index < -0.39 is 6.10 Å². The number of halogens is 1. The van der Waals surface area contributed by atoms with Crippen LogP contribution < -0.4 is 5.73 Å². The van der Waals surface area contributed by atoms with Crippen LogP contribution in [-0.2, 0) is 0 Å². The maximum atomic E-state index is 9.89. The van der Waals surface area contributed by atoms with Crippen molar-refractivity contribution in [3.63, 3.8) is 0 Å². The van der Waals surface area contributed by atoms with E-state index in [1.165, 1.54) is 0 Å². The summed E-state index contributed by atoms with van der Waals surface area (Å²) in [7, 11) is 0. The average molecular weight is 256 g/mol. The monoisotopic (exact) mass is 255 g/mol. The summed E-state index contributed by atoms with van der Waals surface area (Å²) in [6, 6.07) is 7.74. The highest BCUT2D eigenvalue weighted by Gasteiger charge is 2.39. The molecule has 76 valence electrons. The molecule has 3 N–H and O–H groups in total. The van der Waals surface area contributed by atoms with Gasteiger partial charge in [-0.05, 0) is 37.0 Å². The molecule has 0 amide bonds. The van der Waals surface area contributed by atoms with Crippen molar-refractivity contribution >= 4 is 15.9 Å². The first-order chi connectivity index (χ1) is 6.59. The SMILES string of the molecule is NC1(CC(O)c2ccc(Br)cc2)CC1. The molecule has 1 fully saturated rings. The maximum absolute atomic E-state index is 9.89. The van der Waals surface area contributed by atoms with Crippen molar-refractivity contribution in [2.24, 2.45) is 5.73 Å². The Morgan fingerprint density at radius 2 is 1.93 bits per heavy atom. The molecule has 0 heterocycles. The molecule has 0 aliphatic heterocycles. The van der Waals surface area contributed by atoms with Gasteiger partial charge in [0, 0.05) is 10.0 Å². The summed E-state index contributed by atoms with van der Waals surface area (Å²) in [4.78, 5) is 0. The van der Waals surface area contributed by atoms with E-state index in [-0.39, 0.29) is 5.54 Å². The number of hydrogen-bond donors (Lipinski definition) is 2. The number of rotatable bonds is 3. The van der Waals surface area contributed by atoms with Crippen molar-refractivity contribution in [3.05, 3.63) is 34.3 Å². The van der Waals surface area contributed by atoms with Crippen LogP contribution in [-0.4, -0.2) is 10.6 Å². The van der Waals surface area contributed by atoms with E-state index in [1.807, 2.05) is 24.3 Å². The standard InChI is InChI=1S/C11H14BrNO/c12-9-3-1-8(2-4-9)10(14)7-11(13)5-6-11/h1-4,10,14H,5-7,13H2. The molecule has 0 saturated heterocycles. The molecule has 0 spiro atoms.